The summed E-state index contributed by atoms with van der Waals surface area (Å²) in [6, 6.07) is 0. The molecule has 0 bridgehead atoms. The van der Waals surface area contributed by atoms with Gasteiger partial charge in [-0.2, -0.15) is 0 Å². The first-order valence-electron chi connectivity index (χ1n) is 11.5. The fraction of sp³-hybridized carbons (Fsp3) is 0.720. The largest absolute Gasteiger partial charge is 0.388 e. The number of carbonyl (C=O) groups excluding carboxylic acids is 1. The van der Waals surface area contributed by atoms with Crippen LogP contribution in [-0.2, 0) is 14.3 Å². The highest BCUT2D eigenvalue weighted by Crippen LogP contribution is 2.62. The topological polar surface area (TPSA) is 96.2 Å². The average Bonchev–Trinajstić information content (AvgIpc) is 3.02. The van der Waals surface area contributed by atoms with Crippen LogP contribution in [0.1, 0.15) is 59.8 Å². The minimum absolute atomic E-state index is 0.105. The molecule has 1 saturated carbocycles. The molecule has 172 valence electrons. The normalized spacial score (nSPS) is 43.2. The van der Waals surface area contributed by atoms with E-state index in [0.29, 0.717) is 17.9 Å². The van der Waals surface area contributed by atoms with Crippen molar-refractivity contribution in [2.75, 3.05) is 6.61 Å². The van der Waals surface area contributed by atoms with Gasteiger partial charge in [-0.15, -0.1) is 0 Å². The Morgan fingerprint density at radius 1 is 1.13 bits per heavy atom. The lowest BCUT2D eigenvalue weighted by Crippen LogP contribution is -2.56. The first-order chi connectivity index (χ1) is 14.6. The summed E-state index contributed by atoms with van der Waals surface area (Å²) in [7, 11) is 0. The highest BCUT2D eigenvalue weighted by Gasteiger charge is 2.53. The fourth-order valence-electron chi connectivity index (χ4n) is 5.98. The van der Waals surface area contributed by atoms with Gasteiger partial charge in [0.2, 0.25) is 0 Å². The van der Waals surface area contributed by atoms with Crippen LogP contribution in [0.5, 0.6) is 0 Å². The molecular weight excluding hydrogens is 396 g/mol. The lowest BCUT2D eigenvalue weighted by molar-refractivity contribution is -0.291. The first kappa shape index (κ1) is 22.9. The molecule has 7 atom stereocenters. The predicted octanol–water partition coefficient (Wildman–Crippen LogP) is 2.82. The van der Waals surface area contributed by atoms with E-state index in [1.807, 2.05) is 6.08 Å². The summed E-state index contributed by atoms with van der Waals surface area (Å²) < 4.78 is 11.9. The van der Waals surface area contributed by atoms with Crippen molar-refractivity contribution >= 4 is 6.29 Å². The number of carbonyl (C=O) groups is 1. The number of fused-ring (bicyclic) bond motifs is 3. The van der Waals surface area contributed by atoms with Crippen LogP contribution in [0.3, 0.4) is 0 Å². The van der Waals surface area contributed by atoms with Gasteiger partial charge >= 0.3 is 0 Å². The molecule has 1 saturated heterocycles. The Morgan fingerprint density at radius 2 is 1.87 bits per heavy atom. The zero-order valence-electron chi connectivity index (χ0n) is 19.0. The van der Waals surface area contributed by atoms with Crippen LogP contribution in [0.4, 0.5) is 0 Å². The maximum Gasteiger partial charge on any atom is 0.186 e. The van der Waals surface area contributed by atoms with E-state index in [1.54, 1.807) is 0 Å². The minimum Gasteiger partial charge on any atom is -0.388 e. The first-order valence-corrected chi connectivity index (χ1v) is 11.5. The summed E-state index contributed by atoms with van der Waals surface area (Å²) >= 11 is 0. The van der Waals surface area contributed by atoms with Crippen molar-refractivity contribution in [3.05, 3.63) is 34.4 Å². The number of hydrogen-bond acceptors (Lipinski definition) is 6. The van der Waals surface area contributed by atoms with Crippen molar-refractivity contribution in [1.29, 1.82) is 0 Å². The summed E-state index contributed by atoms with van der Waals surface area (Å²) in [5.74, 6) is 0.456. The molecule has 6 heteroatoms. The molecule has 4 rings (SSSR count). The molecule has 0 radical (unpaired) electrons. The summed E-state index contributed by atoms with van der Waals surface area (Å²) in [4.78, 5) is 11.8. The number of aldehydes is 1. The van der Waals surface area contributed by atoms with E-state index in [1.165, 1.54) is 16.7 Å². The van der Waals surface area contributed by atoms with Gasteiger partial charge in [0.15, 0.2) is 6.29 Å². The van der Waals surface area contributed by atoms with Crippen LogP contribution < -0.4 is 0 Å². The molecule has 3 aliphatic carbocycles. The van der Waals surface area contributed by atoms with Crippen LogP contribution in [0.2, 0.25) is 0 Å². The fourth-order valence-corrected chi connectivity index (χ4v) is 5.98. The predicted molar refractivity (Wildman–Crippen MR) is 116 cm³/mol. The van der Waals surface area contributed by atoms with Gasteiger partial charge in [0, 0.05) is 11.8 Å². The zero-order chi connectivity index (χ0) is 22.6. The van der Waals surface area contributed by atoms with E-state index in [2.05, 4.69) is 33.8 Å². The van der Waals surface area contributed by atoms with Crippen LogP contribution in [0.25, 0.3) is 0 Å². The van der Waals surface area contributed by atoms with Gasteiger partial charge in [-0.25, -0.2) is 0 Å². The summed E-state index contributed by atoms with van der Waals surface area (Å²) in [5, 5.41) is 30.3. The van der Waals surface area contributed by atoms with Crippen LogP contribution in [0.15, 0.2) is 34.4 Å². The number of ether oxygens (including phenoxy) is 2. The van der Waals surface area contributed by atoms with Crippen molar-refractivity contribution < 1.29 is 29.6 Å². The van der Waals surface area contributed by atoms with Crippen molar-refractivity contribution in [2.24, 2.45) is 16.7 Å². The van der Waals surface area contributed by atoms with Crippen molar-refractivity contribution in [3.63, 3.8) is 0 Å². The van der Waals surface area contributed by atoms with E-state index < -0.39 is 30.7 Å². The van der Waals surface area contributed by atoms with Crippen molar-refractivity contribution in [1.82, 2.24) is 0 Å². The highest BCUT2D eigenvalue weighted by atomic mass is 16.7. The zero-order valence-corrected chi connectivity index (χ0v) is 19.0. The molecule has 0 aromatic heterocycles. The van der Waals surface area contributed by atoms with Gasteiger partial charge in [0.05, 0.1) is 12.7 Å². The maximum absolute atomic E-state index is 11.8. The van der Waals surface area contributed by atoms with E-state index in [-0.39, 0.29) is 17.4 Å². The van der Waals surface area contributed by atoms with Crippen LogP contribution in [0, 0.1) is 16.7 Å². The minimum atomic E-state index is -1.35. The molecular formula is C25H36O6. The standard InChI is InChI=1S/C25H36O6/c1-14(2)16-7-8-24(3)9-10-25(4)17(20(16)24)6-5-15(12-26)11-19(25)31-23-22(29)21(28)18(27)13-30-23/h5-6,12,14,18-19,21-23,27-29H,7-11,13H2,1-4H3/t18-,19-,21+,22-,23+,24+,25+/m1/s1. The quantitative estimate of drug-likeness (QED) is 0.591. The summed E-state index contributed by atoms with van der Waals surface area (Å²) in [5.41, 5.74) is 4.57. The number of allylic oxidation sites excluding steroid dienone is 4. The Balaban J connectivity index is 1.73. The molecule has 0 spiro atoms. The lowest BCUT2D eigenvalue weighted by Gasteiger charge is -2.50. The lowest BCUT2D eigenvalue weighted by atomic mass is 9.57. The van der Waals surface area contributed by atoms with E-state index >= 15 is 0 Å². The van der Waals surface area contributed by atoms with Gasteiger partial charge < -0.3 is 24.8 Å². The highest BCUT2D eigenvalue weighted by molar-refractivity contribution is 5.74. The van der Waals surface area contributed by atoms with Gasteiger partial charge in [0.25, 0.3) is 0 Å². The van der Waals surface area contributed by atoms with Gasteiger partial charge in [-0.05, 0) is 53.7 Å². The Morgan fingerprint density at radius 3 is 2.55 bits per heavy atom. The second kappa shape index (κ2) is 8.23. The van der Waals surface area contributed by atoms with E-state index in [4.69, 9.17) is 9.47 Å². The Bertz CT molecular complexity index is 826. The molecule has 1 heterocycles. The molecule has 6 nitrogen and oxygen atoms in total. The van der Waals surface area contributed by atoms with Crippen LogP contribution >= 0.6 is 0 Å². The molecule has 0 amide bonds. The molecule has 3 N–H and O–H groups in total. The molecule has 0 unspecified atom stereocenters. The Hall–Kier alpha value is -1.31. The number of hydrogen-bond donors (Lipinski definition) is 3. The van der Waals surface area contributed by atoms with E-state index in [9.17, 15) is 20.1 Å². The molecule has 4 aliphatic rings. The number of aliphatic hydroxyl groups excluding tert-OH is 3. The number of aliphatic hydroxyl groups is 3. The smallest absolute Gasteiger partial charge is 0.186 e. The van der Waals surface area contributed by atoms with Crippen LogP contribution in [-0.4, -0.2) is 58.9 Å². The molecule has 0 aromatic carbocycles. The van der Waals surface area contributed by atoms with E-state index in [0.717, 1.165) is 32.0 Å². The summed E-state index contributed by atoms with van der Waals surface area (Å²) in [6.07, 6.45) is 4.23. The molecule has 2 fully saturated rings. The molecule has 1 aliphatic heterocycles. The number of rotatable bonds is 4. The maximum atomic E-state index is 11.8. The Labute approximate surface area is 184 Å². The third-order valence-electron chi connectivity index (χ3n) is 8.15. The Kier molecular flexibility index (Phi) is 6.07. The molecule has 0 aromatic rings. The van der Waals surface area contributed by atoms with Gasteiger partial charge in [-0.1, -0.05) is 45.4 Å². The SMILES string of the molecule is CC(C)C1=C2C3=CC=C(C=O)C[C@@H](O[C@@H]4OC[C@@H](O)[C@H](O)[C@H]4O)[C@@]3(C)CC[C@]2(C)CC1. The van der Waals surface area contributed by atoms with Gasteiger partial charge in [-0.3, -0.25) is 4.79 Å². The second-order valence-corrected chi connectivity index (χ2v) is 10.6. The average molecular weight is 433 g/mol. The van der Waals surface area contributed by atoms with Gasteiger partial charge in [0.1, 0.15) is 24.6 Å². The summed E-state index contributed by atoms with van der Waals surface area (Å²) in [6.45, 7) is 8.93. The monoisotopic (exact) mass is 432 g/mol. The van der Waals surface area contributed by atoms with Crippen molar-refractivity contribution in [2.45, 2.75) is 90.5 Å². The second-order valence-electron chi connectivity index (χ2n) is 10.6. The van der Waals surface area contributed by atoms with Crippen molar-refractivity contribution in [3.8, 4) is 0 Å². The third kappa shape index (κ3) is 3.76. The third-order valence-corrected chi connectivity index (χ3v) is 8.15. The molecule has 31 heavy (non-hydrogen) atoms.